The van der Waals surface area contributed by atoms with Crippen LogP contribution < -0.4 is 21.5 Å². The molecule has 0 aromatic carbocycles. The van der Waals surface area contributed by atoms with Gasteiger partial charge in [0.2, 0.25) is 17.8 Å². The van der Waals surface area contributed by atoms with Crippen LogP contribution in [0.2, 0.25) is 0 Å². The highest BCUT2D eigenvalue weighted by Gasteiger charge is 2.23. The van der Waals surface area contributed by atoms with Gasteiger partial charge in [0, 0.05) is 13.3 Å². The second-order valence-corrected chi connectivity index (χ2v) is 7.31. The maximum atomic E-state index is 14.4. The molecule has 188 valence electrons. The van der Waals surface area contributed by atoms with Crippen molar-refractivity contribution in [2.45, 2.75) is 32.4 Å². The maximum Gasteiger partial charge on any atom is 0.326 e. The predicted molar refractivity (Wildman–Crippen MR) is 120 cm³/mol. The van der Waals surface area contributed by atoms with E-state index in [1.54, 1.807) is 0 Å². The molecule has 0 aliphatic heterocycles. The molecule has 36 heavy (non-hydrogen) atoms. The SMILES string of the molecule is CC(=O)Nc1nc2ncc(CNc3ccc(C(=O)N[C@@H](CCC(=O)O)C(=O)O)c(F)n3)nc2c(=O)[nH]1. The zero-order valence-corrected chi connectivity index (χ0v) is 18.5. The third-order valence-electron chi connectivity index (χ3n) is 4.56. The summed E-state index contributed by atoms with van der Waals surface area (Å²) in [6.45, 7) is 1.21. The summed E-state index contributed by atoms with van der Waals surface area (Å²) in [7, 11) is 0. The number of hydrogen-bond acceptors (Lipinski definition) is 10. The van der Waals surface area contributed by atoms with Crippen LogP contribution in [0, 0.1) is 5.95 Å². The summed E-state index contributed by atoms with van der Waals surface area (Å²) in [6, 6.07) is 0.803. The molecule has 15 nitrogen and oxygen atoms in total. The van der Waals surface area contributed by atoms with Gasteiger partial charge in [-0.25, -0.2) is 19.7 Å². The molecule has 0 spiro atoms. The van der Waals surface area contributed by atoms with Crippen LogP contribution in [0.3, 0.4) is 0 Å². The third-order valence-corrected chi connectivity index (χ3v) is 4.56. The minimum absolute atomic E-state index is 0.000325. The lowest BCUT2D eigenvalue weighted by Gasteiger charge is -2.14. The Labute approximate surface area is 200 Å². The van der Waals surface area contributed by atoms with Gasteiger partial charge in [-0.05, 0) is 18.6 Å². The van der Waals surface area contributed by atoms with E-state index in [0.717, 1.165) is 6.07 Å². The number of aromatic amines is 1. The van der Waals surface area contributed by atoms with Crippen molar-refractivity contribution in [3.63, 3.8) is 0 Å². The van der Waals surface area contributed by atoms with Crippen molar-refractivity contribution >= 4 is 46.7 Å². The largest absolute Gasteiger partial charge is 0.481 e. The number of fused-ring (bicyclic) bond motifs is 1. The lowest BCUT2D eigenvalue weighted by atomic mass is 10.1. The standard InChI is InChI=1S/C20H19FN8O7/c1-8(30)24-20-28-16-14(18(34)29-20)25-9(7-23-16)6-22-12-4-2-10(15(21)27-12)17(33)26-11(19(35)36)3-5-13(31)32/h2,4,7,11H,3,5-6H2,1H3,(H,22,27)(H,26,33)(H,31,32)(H,35,36)(H2,23,24,28,29,30,34)/t11-/m0/s1. The Kier molecular flexibility index (Phi) is 7.78. The predicted octanol–water partition coefficient (Wildman–Crippen LogP) is -0.134. The molecular weight excluding hydrogens is 483 g/mol. The van der Waals surface area contributed by atoms with Gasteiger partial charge < -0.3 is 20.8 Å². The molecule has 3 aromatic rings. The molecule has 0 unspecified atom stereocenters. The topological polar surface area (TPSA) is 229 Å². The van der Waals surface area contributed by atoms with Crippen LogP contribution in [-0.4, -0.2) is 64.9 Å². The first-order valence-corrected chi connectivity index (χ1v) is 10.2. The van der Waals surface area contributed by atoms with Crippen LogP contribution in [0.5, 0.6) is 0 Å². The number of carboxylic acids is 2. The molecule has 2 amide bonds. The first-order valence-electron chi connectivity index (χ1n) is 10.2. The van der Waals surface area contributed by atoms with Crippen molar-refractivity contribution in [1.82, 2.24) is 30.2 Å². The number of anilines is 2. The van der Waals surface area contributed by atoms with Crippen molar-refractivity contribution in [3.05, 3.63) is 45.9 Å². The van der Waals surface area contributed by atoms with Gasteiger partial charge in [-0.2, -0.15) is 9.37 Å². The number of H-pyrrole nitrogens is 1. The number of nitrogens with zero attached hydrogens (tertiary/aromatic N) is 4. The number of rotatable bonds is 10. The molecule has 0 bridgehead atoms. The fraction of sp³-hybridized carbons (Fsp3) is 0.250. The van der Waals surface area contributed by atoms with E-state index >= 15 is 0 Å². The van der Waals surface area contributed by atoms with Crippen molar-refractivity contribution in [3.8, 4) is 0 Å². The summed E-state index contributed by atoms with van der Waals surface area (Å²) in [5.41, 5.74) is -1.01. The van der Waals surface area contributed by atoms with Gasteiger partial charge in [0.05, 0.1) is 24.0 Å². The van der Waals surface area contributed by atoms with E-state index in [1.807, 2.05) is 0 Å². The van der Waals surface area contributed by atoms with Crippen LogP contribution in [-0.2, 0) is 20.9 Å². The second kappa shape index (κ2) is 10.9. The van der Waals surface area contributed by atoms with Gasteiger partial charge >= 0.3 is 11.9 Å². The van der Waals surface area contributed by atoms with E-state index in [4.69, 9.17) is 10.2 Å². The van der Waals surface area contributed by atoms with E-state index in [1.165, 1.54) is 19.2 Å². The number of carbonyl (C=O) groups is 4. The first kappa shape index (κ1) is 25.6. The molecule has 3 heterocycles. The van der Waals surface area contributed by atoms with Crippen molar-refractivity contribution in [2.24, 2.45) is 0 Å². The smallest absolute Gasteiger partial charge is 0.326 e. The summed E-state index contributed by atoms with van der Waals surface area (Å²) in [5.74, 6) is -5.50. The number of halogens is 1. The molecule has 3 aromatic heterocycles. The molecule has 0 aliphatic rings. The Morgan fingerprint density at radius 2 is 1.89 bits per heavy atom. The Balaban J connectivity index is 1.68. The Hall–Kier alpha value is -5.02. The molecule has 0 saturated carbocycles. The normalized spacial score (nSPS) is 11.5. The first-order chi connectivity index (χ1) is 17.0. The van der Waals surface area contributed by atoms with Gasteiger partial charge in [-0.1, -0.05) is 0 Å². The monoisotopic (exact) mass is 502 g/mol. The van der Waals surface area contributed by atoms with Crippen LogP contribution in [0.25, 0.3) is 11.2 Å². The quantitative estimate of drug-likeness (QED) is 0.199. The van der Waals surface area contributed by atoms with Crippen LogP contribution in [0.1, 0.15) is 35.8 Å². The molecular formula is C20H19FN8O7. The molecule has 0 saturated heterocycles. The highest BCUT2D eigenvalue weighted by atomic mass is 19.1. The fourth-order valence-electron chi connectivity index (χ4n) is 2.91. The molecule has 0 aliphatic carbocycles. The van der Waals surface area contributed by atoms with Crippen molar-refractivity contribution in [1.29, 1.82) is 0 Å². The van der Waals surface area contributed by atoms with Crippen LogP contribution in [0.4, 0.5) is 16.2 Å². The number of hydrogen-bond donors (Lipinski definition) is 6. The van der Waals surface area contributed by atoms with Crippen LogP contribution in [0.15, 0.2) is 23.1 Å². The highest BCUT2D eigenvalue weighted by Crippen LogP contribution is 2.13. The zero-order valence-electron chi connectivity index (χ0n) is 18.5. The van der Waals surface area contributed by atoms with E-state index in [9.17, 15) is 28.4 Å². The Bertz CT molecular complexity index is 1410. The van der Waals surface area contributed by atoms with Gasteiger partial charge in [0.15, 0.2) is 11.2 Å². The van der Waals surface area contributed by atoms with E-state index in [0.29, 0.717) is 0 Å². The average Bonchev–Trinajstić information content (AvgIpc) is 2.79. The minimum atomic E-state index is -1.52. The number of amides is 2. The number of carboxylic acid groups (broad SMARTS) is 2. The van der Waals surface area contributed by atoms with Crippen LogP contribution >= 0.6 is 0 Å². The van der Waals surface area contributed by atoms with E-state index < -0.39 is 53.3 Å². The molecule has 6 N–H and O–H groups in total. The summed E-state index contributed by atoms with van der Waals surface area (Å²) in [6.07, 6.45) is 0.419. The molecule has 3 rings (SSSR count). The molecule has 0 fully saturated rings. The number of carbonyl (C=O) groups excluding carboxylic acids is 2. The number of nitrogens with one attached hydrogen (secondary N) is 4. The average molecular weight is 502 g/mol. The van der Waals surface area contributed by atoms with Gasteiger partial charge in [-0.3, -0.25) is 29.5 Å². The summed E-state index contributed by atoms with van der Waals surface area (Å²) in [4.78, 5) is 75.5. The fourth-order valence-corrected chi connectivity index (χ4v) is 2.91. The number of aromatic nitrogens is 5. The third kappa shape index (κ3) is 6.52. The zero-order chi connectivity index (χ0) is 26.4. The molecule has 0 radical (unpaired) electrons. The maximum absolute atomic E-state index is 14.4. The molecule has 1 atom stereocenters. The van der Waals surface area contributed by atoms with E-state index in [2.05, 4.69) is 40.9 Å². The van der Waals surface area contributed by atoms with Crippen molar-refractivity contribution < 1.29 is 33.8 Å². The van der Waals surface area contributed by atoms with Gasteiger partial charge in [-0.15, -0.1) is 0 Å². The summed E-state index contributed by atoms with van der Waals surface area (Å²) in [5, 5.41) is 24.9. The minimum Gasteiger partial charge on any atom is -0.481 e. The van der Waals surface area contributed by atoms with Crippen molar-refractivity contribution in [2.75, 3.05) is 10.6 Å². The Morgan fingerprint density at radius 1 is 1.14 bits per heavy atom. The summed E-state index contributed by atoms with van der Waals surface area (Å²) < 4.78 is 14.4. The highest BCUT2D eigenvalue weighted by molar-refractivity contribution is 5.96. The summed E-state index contributed by atoms with van der Waals surface area (Å²) >= 11 is 0. The van der Waals surface area contributed by atoms with E-state index in [-0.39, 0.29) is 41.6 Å². The second-order valence-electron chi connectivity index (χ2n) is 7.31. The number of pyridine rings is 1. The lowest BCUT2D eigenvalue weighted by molar-refractivity contribution is -0.140. The number of aliphatic carboxylic acids is 2. The Morgan fingerprint density at radius 3 is 2.53 bits per heavy atom. The molecule has 16 heteroatoms. The lowest BCUT2D eigenvalue weighted by Crippen LogP contribution is -2.41. The van der Waals surface area contributed by atoms with Gasteiger partial charge in [0.1, 0.15) is 11.9 Å². The van der Waals surface area contributed by atoms with Gasteiger partial charge in [0.25, 0.3) is 11.5 Å².